The molecule has 2 rings (SSSR count). The lowest BCUT2D eigenvalue weighted by Gasteiger charge is -2.41. The third kappa shape index (κ3) is 5.07. The summed E-state index contributed by atoms with van der Waals surface area (Å²) in [5.41, 5.74) is 7.12. The molecule has 1 aliphatic heterocycles. The van der Waals surface area contributed by atoms with Gasteiger partial charge in [-0.05, 0) is 43.5 Å². The van der Waals surface area contributed by atoms with E-state index in [1.165, 1.54) is 11.8 Å². The first-order valence-corrected chi connectivity index (χ1v) is 9.23. The molecule has 1 saturated heterocycles. The van der Waals surface area contributed by atoms with Crippen molar-refractivity contribution in [1.29, 1.82) is 0 Å². The molecule has 6 heteroatoms. The Hall–Kier alpha value is -0.950. The molecule has 118 valence electrons. The van der Waals surface area contributed by atoms with Crippen LogP contribution in [0.1, 0.15) is 18.4 Å². The summed E-state index contributed by atoms with van der Waals surface area (Å²) >= 11 is 0. The summed E-state index contributed by atoms with van der Waals surface area (Å²) in [5, 5.41) is 0. The highest BCUT2D eigenvalue weighted by Crippen LogP contribution is 2.30. The van der Waals surface area contributed by atoms with Crippen molar-refractivity contribution in [2.45, 2.75) is 19.4 Å². The van der Waals surface area contributed by atoms with Gasteiger partial charge in [0.2, 0.25) is 10.0 Å². The first-order chi connectivity index (χ1) is 9.92. The first kappa shape index (κ1) is 16.4. The maximum atomic E-state index is 11.3. The van der Waals surface area contributed by atoms with Crippen LogP contribution in [0.5, 0.6) is 0 Å². The number of nitrogens with zero attached hydrogens (tertiary/aromatic N) is 1. The zero-order valence-corrected chi connectivity index (χ0v) is 13.4. The highest BCUT2D eigenvalue weighted by Gasteiger charge is 2.33. The number of likely N-dealkylation sites (tertiary alicyclic amines) is 1. The van der Waals surface area contributed by atoms with Gasteiger partial charge < -0.3 is 5.73 Å². The predicted molar refractivity (Wildman–Crippen MR) is 85.3 cm³/mol. The molecule has 3 N–H and O–H groups in total. The highest BCUT2D eigenvalue weighted by atomic mass is 32.2. The lowest BCUT2D eigenvalue weighted by Crippen LogP contribution is -2.49. The molecule has 0 radical (unpaired) electrons. The standard InChI is InChI=1S/C15H25N3O2S/c1-21(19,20)17-13-15(12-16)7-9-18(10-8-15)11-14-5-3-2-4-6-14/h2-6,17H,7-13,16H2,1H3. The molecular formula is C15H25N3O2S. The molecule has 5 nitrogen and oxygen atoms in total. The van der Waals surface area contributed by atoms with Gasteiger partial charge in [0.25, 0.3) is 0 Å². The zero-order chi connectivity index (χ0) is 15.3. The molecule has 21 heavy (non-hydrogen) atoms. The number of nitrogens with one attached hydrogen (secondary N) is 1. The fourth-order valence-electron chi connectivity index (χ4n) is 2.76. The van der Waals surface area contributed by atoms with Gasteiger partial charge in [0.05, 0.1) is 6.26 Å². The first-order valence-electron chi connectivity index (χ1n) is 7.33. The number of hydrogen-bond donors (Lipinski definition) is 2. The summed E-state index contributed by atoms with van der Waals surface area (Å²) in [6.07, 6.45) is 3.06. The average Bonchev–Trinajstić information content (AvgIpc) is 2.47. The van der Waals surface area contributed by atoms with Gasteiger partial charge in [-0.25, -0.2) is 13.1 Å². The summed E-state index contributed by atoms with van der Waals surface area (Å²) in [6, 6.07) is 10.4. The molecule has 1 aliphatic rings. The Labute approximate surface area is 127 Å². The Morgan fingerprint density at radius 2 is 1.86 bits per heavy atom. The van der Waals surface area contributed by atoms with Crippen LogP contribution in [0.4, 0.5) is 0 Å². The smallest absolute Gasteiger partial charge is 0.208 e. The minimum absolute atomic E-state index is 0.101. The second-order valence-corrected chi connectivity index (χ2v) is 7.89. The summed E-state index contributed by atoms with van der Waals surface area (Å²) < 4.78 is 25.2. The molecule has 0 saturated carbocycles. The summed E-state index contributed by atoms with van der Waals surface area (Å²) in [5.74, 6) is 0. The maximum Gasteiger partial charge on any atom is 0.208 e. The van der Waals surface area contributed by atoms with Gasteiger partial charge in [-0.15, -0.1) is 0 Å². The van der Waals surface area contributed by atoms with Gasteiger partial charge >= 0.3 is 0 Å². The summed E-state index contributed by atoms with van der Waals surface area (Å²) in [4.78, 5) is 2.41. The van der Waals surface area contributed by atoms with E-state index in [1.807, 2.05) is 6.07 Å². The fourth-order valence-corrected chi connectivity index (χ4v) is 3.33. The van der Waals surface area contributed by atoms with E-state index < -0.39 is 10.0 Å². The number of piperidine rings is 1. The van der Waals surface area contributed by atoms with Crippen LogP contribution in [0.15, 0.2) is 30.3 Å². The van der Waals surface area contributed by atoms with Crippen molar-refractivity contribution in [1.82, 2.24) is 9.62 Å². The van der Waals surface area contributed by atoms with Crippen molar-refractivity contribution in [3.05, 3.63) is 35.9 Å². The predicted octanol–water partition coefficient (Wildman–Crippen LogP) is 0.777. The number of rotatable bonds is 6. The van der Waals surface area contributed by atoms with Gasteiger partial charge in [-0.1, -0.05) is 30.3 Å². The Balaban J connectivity index is 1.88. The number of sulfonamides is 1. The molecule has 0 aliphatic carbocycles. The van der Waals surface area contributed by atoms with Gasteiger partial charge in [0.1, 0.15) is 0 Å². The number of benzene rings is 1. The number of nitrogens with two attached hydrogens (primary N) is 1. The molecule has 0 spiro atoms. The van der Waals surface area contributed by atoms with Crippen molar-refractivity contribution < 1.29 is 8.42 Å². The van der Waals surface area contributed by atoms with E-state index in [4.69, 9.17) is 5.73 Å². The van der Waals surface area contributed by atoms with Crippen LogP contribution in [0.3, 0.4) is 0 Å². The normalized spacial score (nSPS) is 19.5. The van der Waals surface area contributed by atoms with Gasteiger partial charge in [0.15, 0.2) is 0 Å². The van der Waals surface area contributed by atoms with Crippen molar-refractivity contribution in [3.8, 4) is 0 Å². The van der Waals surface area contributed by atoms with E-state index in [0.717, 1.165) is 32.5 Å². The van der Waals surface area contributed by atoms with E-state index >= 15 is 0 Å². The van der Waals surface area contributed by atoms with Crippen molar-refractivity contribution >= 4 is 10.0 Å². The van der Waals surface area contributed by atoms with Crippen molar-refractivity contribution in [2.75, 3.05) is 32.4 Å². The van der Waals surface area contributed by atoms with Crippen LogP contribution in [-0.4, -0.2) is 45.8 Å². The van der Waals surface area contributed by atoms with Crippen LogP contribution in [0.25, 0.3) is 0 Å². The van der Waals surface area contributed by atoms with Crippen LogP contribution < -0.4 is 10.5 Å². The quantitative estimate of drug-likeness (QED) is 0.814. The van der Waals surface area contributed by atoms with E-state index in [9.17, 15) is 8.42 Å². The van der Waals surface area contributed by atoms with Gasteiger partial charge in [0, 0.05) is 13.1 Å². The summed E-state index contributed by atoms with van der Waals surface area (Å²) in [7, 11) is -3.15. The van der Waals surface area contributed by atoms with Crippen molar-refractivity contribution in [2.24, 2.45) is 11.1 Å². The molecule has 1 aromatic carbocycles. The van der Waals surface area contributed by atoms with Crippen molar-refractivity contribution in [3.63, 3.8) is 0 Å². The van der Waals surface area contributed by atoms with E-state index in [1.54, 1.807) is 0 Å². The van der Waals surface area contributed by atoms with Crippen LogP contribution in [0, 0.1) is 5.41 Å². The molecular weight excluding hydrogens is 286 g/mol. The van der Waals surface area contributed by atoms with Crippen LogP contribution in [-0.2, 0) is 16.6 Å². The lowest BCUT2D eigenvalue weighted by molar-refractivity contribution is 0.108. The monoisotopic (exact) mass is 311 g/mol. The molecule has 1 aromatic rings. The number of hydrogen-bond acceptors (Lipinski definition) is 4. The SMILES string of the molecule is CS(=O)(=O)NCC1(CN)CCN(Cc2ccccc2)CC1. The topological polar surface area (TPSA) is 75.4 Å². The fraction of sp³-hybridized carbons (Fsp3) is 0.600. The third-order valence-electron chi connectivity index (χ3n) is 4.31. The molecule has 1 heterocycles. The minimum Gasteiger partial charge on any atom is -0.330 e. The average molecular weight is 311 g/mol. The molecule has 1 fully saturated rings. The molecule has 0 unspecified atom stereocenters. The molecule has 0 bridgehead atoms. The highest BCUT2D eigenvalue weighted by molar-refractivity contribution is 7.88. The third-order valence-corrected chi connectivity index (χ3v) is 4.98. The largest absolute Gasteiger partial charge is 0.330 e. The van der Waals surface area contributed by atoms with E-state index in [-0.39, 0.29) is 5.41 Å². The second-order valence-electron chi connectivity index (χ2n) is 6.06. The van der Waals surface area contributed by atoms with Crippen LogP contribution >= 0.6 is 0 Å². The van der Waals surface area contributed by atoms with Crippen LogP contribution in [0.2, 0.25) is 0 Å². The van der Waals surface area contributed by atoms with Gasteiger partial charge in [-0.2, -0.15) is 0 Å². The lowest BCUT2D eigenvalue weighted by atomic mass is 9.78. The molecule has 0 atom stereocenters. The maximum absolute atomic E-state index is 11.3. The minimum atomic E-state index is -3.15. The zero-order valence-electron chi connectivity index (χ0n) is 12.6. The Kier molecular flexibility index (Phi) is 5.37. The Morgan fingerprint density at radius 3 is 2.38 bits per heavy atom. The molecule has 0 amide bonds. The van der Waals surface area contributed by atoms with E-state index in [0.29, 0.717) is 13.1 Å². The van der Waals surface area contributed by atoms with Gasteiger partial charge in [-0.3, -0.25) is 4.90 Å². The Morgan fingerprint density at radius 1 is 1.24 bits per heavy atom. The second kappa shape index (κ2) is 6.87. The molecule has 0 aromatic heterocycles. The Bertz CT molecular complexity index is 537. The van der Waals surface area contributed by atoms with E-state index in [2.05, 4.69) is 33.9 Å². The summed E-state index contributed by atoms with van der Waals surface area (Å²) in [6.45, 7) is 3.83.